The molecule has 1 aromatic heterocycles. The molecule has 0 radical (unpaired) electrons. The lowest BCUT2D eigenvalue weighted by Crippen LogP contribution is -2.46. The molecule has 18 heavy (non-hydrogen) atoms. The summed E-state index contributed by atoms with van der Waals surface area (Å²) in [7, 11) is 0. The second-order valence-corrected chi connectivity index (χ2v) is 5.79. The fourth-order valence-corrected chi connectivity index (χ4v) is 3.37. The molecule has 1 unspecified atom stereocenters. The minimum atomic E-state index is 0.789. The van der Waals surface area contributed by atoms with E-state index in [-0.39, 0.29) is 0 Å². The Morgan fingerprint density at radius 2 is 2.00 bits per heavy atom. The van der Waals surface area contributed by atoms with Gasteiger partial charge < -0.3 is 4.42 Å². The molecule has 2 saturated heterocycles. The van der Waals surface area contributed by atoms with E-state index in [2.05, 4.69) is 21.9 Å². The molecular weight excluding hydrogens is 224 g/mol. The molecule has 2 fully saturated rings. The van der Waals surface area contributed by atoms with Gasteiger partial charge in [-0.3, -0.25) is 9.80 Å². The van der Waals surface area contributed by atoms with E-state index in [0.29, 0.717) is 0 Å². The van der Waals surface area contributed by atoms with Crippen molar-refractivity contribution in [1.82, 2.24) is 9.80 Å². The molecule has 3 heteroatoms. The summed E-state index contributed by atoms with van der Waals surface area (Å²) >= 11 is 0. The predicted octanol–water partition coefficient (Wildman–Crippen LogP) is 2.65. The summed E-state index contributed by atoms with van der Waals surface area (Å²) in [6.45, 7) is 8.09. The van der Waals surface area contributed by atoms with Crippen molar-refractivity contribution in [2.24, 2.45) is 0 Å². The molecule has 0 bridgehead atoms. The van der Waals surface area contributed by atoms with Crippen molar-refractivity contribution in [2.45, 2.75) is 45.2 Å². The van der Waals surface area contributed by atoms with Crippen LogP contribution in [0, 0.1) is 6.92 Å². The topological polar surface area (TPSA) is 19.6 Å². The van der Waals surface area contributed by atoms with Gasteiger partial charge in [0.15, 0.2) is 0 Å². The number of hydrogen-bond donors (Lipinski definition) is 0. The third-order valence-electron chi connectivity index (χ3n) is 4.31. The predicted molar refractivity (Wildman–Crippen MR) is 72.6 cm³/mol. The minimum Gasteiger partial charge on any atom is -0.465 e. The van der Waals surface area contributed by atoms with Crippen LogP contribution < -0.4 is 0 Å². The van der Waals surface area contributed by atoms with Crippen LogP contribution in [-0.4, -0.2) is 42.0 Å². The van der Waals surface area contributed by atoms with Crippen LogP contribution in [0.2, 0.25) is 0 Å². The maximum Gasteiger partial charge on any atom is 0.118 e. The minimum absolute atomic E-state index is 0.789. The highest BCUT2D eigenvalue weighted by atomic mass is 16.3. The van der Waals surface area contributed by atoms with Gasteiger partial charge in [-0.15, -0.1) is 0 Å². The number of aryl methyl sites for hydroxylation is 1. The molecule has 3 nitrogen and oxygen atoms in total. The molecule has 0 spiro atoms. The lowest BCUT2D eigenvalue weighted by atomic mass is 10.0. The third-order valence-corrected chi connectivity index (χ3v) is 4.31. The van der Waals surface area contributed by atoms with E-state index in [1.165, 1.54) is 51.9 Å². The Kier molecular flexibility index (Phi) is 3.71. The van der Waals surface area contributed by atoms with Crippen LogP contribution in [0.1, 0.15) is 37.2 Å². The molecule has 2 aliphatic heterocycles. The Hall–Kier alpha value is -0.800. The average Bonchev–Trinajstić information content (AvgIpc) is 3.01. The van der Waals surface area contributed by atoms with Gasteiger partial charge in [0, 0.05) is 12.6 Å². The second-order valence-electron chi connectivity index (χ2n) is 5.79. The van der Waals surface area contributed by atoms with Gasteiger partial charge in [0.2, 0.25) is 0 Å². The highest BCUT2D eigenvalue weighted by molar-refractivity contribution is 5.05. The van der Waals surface area contributed by atoms with Gasteiger partial charge in [0.25, 0.3) is 0 Å². The van der Waals surface area contributed by atoms with Crippen molar-refractivity contribution in [3.8, 4) is 0 Å². The quantitative estimate of drug-likeness (QED) is 0.820. The molecule has 0 saturated carbocycles. The molecule has 0 amide bonds. The van der Waals surface area contributed by atoms with E-state index >= 15 is 0 Å². The van der Waals surface area contributed by atoms with E-state index in [1.807, 2.05) is 6.92 Å². The fraction of sp³-hybridized carbons (Fsp3) is 0.733. The van der Waals surface area contributed by atoms with Crippen molar-refractivity contribution in [1.29, 1.82) is 0 Å². The molecule has 1 atom stereocenters. The first-order valence-corrected chi connectivity index (χ1v) is 7.33. The molecule has 0 N–H and O–H groups in total. The summed E-state index contributed by atoms with van der Waals surface area (Å²) in [6.07, 6.45) is 5.51. The molecule has 3 rings (SSSR count). The van der Waals surface area contributed by atoms with Crippen molar-refractivity contribution in [3.05, 3.63) is 23.7 Å². The zero-order valence-electron chi connectivity index (χ0n) is 11.4. The largest absolute Gasteiger partial charge is 0.465 e. The zero-order chi connectivity index (χ0) is 12.4. The van der Waals surface area contributed by atoms with E-state index in [0.717, 1.165) is 24.1 Å². The van der Waals surface area contributed by atoms with Gasteiger partial charge in [-0.2, -0.15) is 0 Å². The number of nitrogens with zero attached hydrogens (tertiary/aromatic N) is 2. The highest BCUT2D eigenvalue weighted by Crippen LogP contribution is 2.22. The Bertz CT molecular complexity index is 382. The summed E-state index contributed by atoms with van der Waals surface area (Å²) < 4.78 is 5.69. The molecule has 0 aromatic carbocycles. The second kappa shape index (κ2) is 5.45. The maximum absolute atomic E-state index is 5.69. The van der Waals surface area contributed by atoms with Crippen molar-refractivity contribution in [2.75, 3.05) is 26.2 Å². The van der Waals surface area contributed by atoms with Gasteiger partial charge in [-0.05, 0) is 64.4 Å². The number of rotatable bonds is 3. The van der Waals surface area contributed by atoms with Crippen LogP contribution in [0.4, 0.5) is 0 Å². The Morgan fingerprint density at radius 3 is 2.72 bits per heavy atom. The van der Waals surface area contributed by atoms with Crippen LogP contribution in [0.5, 0.6) is 0 Å². The first-order valence-electron chi connectivity index (χ1n) is 7.33. The molecule has 0 aliphatic carbocycles. The standard InChI is InChI=1S/C15H24N2O/c1-13-6-7-15(18-13)12-16-8-4-5-14(11-16)17-9-2-3-10-17/h6-7,14H,2-5,8-12H2,1H3. The summed E-state index contributed by atoms with van der Waals surface area (Å²) in [5.74, 6) is 2.15. The molecule has 3 heterocycles. The van der Waals surface area contributed by atoms with Crippen LogP contribution >= 0.6 is 0 Å². The average molecular weight is 248 g/mol. The monoisotopic (exact) mass is 248 g/mol. The first kappa shape index (κ1) is 12.2. The number of piperidine rings is 1. The summed E-state index contributed by atoms with van der Waals surface area (Å²) in [5, 5.41) is 0. The number of furan rings is 1. The zero-order valence-corrected chi connectivity index (χ0v) is 11.4. The third kappa shape index (κ3) is 2.78. The van der Waals surface area contributed by atoms with Crippen molar-refractivity contribution >= 4 is 0 Å². The van der Waals surface area contributed by atoms with Gasteiger partial charge >= 0.3 is 0 Å². The van der Waals surface area contributed by atoms with Crippen molar-refractivity contribution < 1.29 is 4.42 Å². The Morgan fingerprint density at radius 1 is 1.17 bits per heavy atom. The molecule has 1 aromatic rings. The van der Waals surface area contributed by atoms with E-state index in [9.17, 15) is 0 Å². The van der Waals surface area contributed by atoms with E-state index in [4.69, 9.17) is 4.42 Å². The SMILES string of the molecule is Cc1ccc(CN2CCCC(N3CCCC3)C2)o1. The van der Waals surface area contributed by atoms with Crippen LogP contribution in [0.25, 0.3) is 0 Å². The Balaban J connectivity index is 1.56. The van der Waals surface area contributed by atoms with Crippen LogP contribution in [0.15, 0.2) is 16.5 Å². The summed E-state index contributed by atoms with van der Waals surface area (Å²) in [6, 6.07) is 4.98. The van der Waals surface area contributed by atoms with Crippen LogP contribution in [0.3, 0.4) is 0 Å². The lowest BCUT2D eigenvalue weighted by Gasteiger charge is -2.37. The normalized spacial score (nSPS) is 26.8. The smallest absolute Gasteiger partial charge is 0.118 e. The molecule has 100 valence electrons. The Labute approximate surface area is 110 Å². The van der Waals surface area contributed by atoms with Gasteiger partial charge in [0.05, 0.1) is 6.54 Å². The number of hydrogen-bond acceptors (Lipinski definition) is 3. The lowest BCUT2D eigenvalue weighted by molar-refractivity contribution is 0.105. The van der Waals surface area contributed by atoms with E-state index < -0.39 is 0 Å². The number of likely N-dealkylation sites (tertiary alicyclic amines) is 2. The highest BCUT2D eigenvalue weighted by Gasteiger charge is 2.27. The summed E-state index contributed by atoms with van der Waals surface area (Å²) in [5.41, 5.74) is 0. The summed E-state index contributed by atoms with van der Waals surface area (Å²) in [4.78, 5) is 5.25. The molecule has 2 aliphatic rings. The molecular formula is C15H24N2O. The van der Waals surface area contributed by atoms with Crippen molar-refractivity contribution in [3.63, 3.8) is 0 Å². The van der Waals surface area contributed by atoms with Gasteiger partial charge in [-0.1, -0.05) is 0 Å². The maximum atomic E-state index is 5.69. The van der Waals surface area contributed by atoms with Gasteiger partial charge in [-0.25, -0.2) is 0 Å². The van der Waals surface area contributed by atoms with E-state index in [1.54, 1.807) is 0 Å². The first-order chi connectivity index (χ1) is 8.81. The van der Waals surface area contributed by atoms with Gasteiger partial charge in [0.1, 0.15) is 11.5 Å². The van der Waals surface area contributed by atoms with Crippen LogP contribution in [-0.2, 0) is 6.54 Å². The fourth-order valence-electron chi connectivity index (χ4n) is 3.37.